The van der Waals surface area contributed by atoms with Gasteiger partial charge in [0.05, 0.1) is 5.56 Å². The highest BCUT2D eigenvalue weighted by atomic mass is 32.1. The molecule has 0 fully saturated rings. The first-order valence-electron chi connectivity index (χ1n) is 5.78. The van der Waals surface area contributed by atoms with Gasteiger partial charge in [-0.1, -0.05) is 6.92 Å². The Morgan fingerprint density at radius 3 is 2.00 bits per heavy atom. The summed E-state index contributed by atoms with van der Waals surface area (Å²) in [6.45, 7) is 3.06. The number of rotatable bonds is 4. The fourth-order valence-corrected chi connectivity index (χ4v) is 2.69. The van der Waals surface area contributed by atoms with Crippen molar-refractivity contribution < 1.29 is 22.0 Å². The summed E-state index contributed by atoms with van der Waals surface area (Å²) >= 11 is 0.979. The molecule has 0 spiro atoms. The summed E-state index contributed by atoms with van der Waals surface area (Å²) in [5.74, 6) is -9.62. The Bertz CT molecular complexity index is 609. The second kappa shape index (κ2) is 5.88. The van der Waals surface area contributed by atoms with Crippen molar-refractivity contribution in [3.8, 4) is 10.4 Å². The monoisotopic (exact) mass is 307 g/mol. The third-order valence-electron chi connectivity index (χ3n) is 2.67. The van der Waals surface area contributed by atoms with Crippen LogP contribution in [0.25, 0.3) is 10.4 Å². The normalized spacial score (nSPS) is 11.1. The molecule has 108 valence electrons. The molecule has 2 aromatic rings. The highest BCUT2D eigenvalue weighted by Gasteiger charge is 2.27. The lowest BCUT2D eigenvalue weighted by molar-refractivity contribution is 0.381. The minimum atomic E-state index is -2.15. The maximum Gasteiger partial charge on any atom is 0.200 e. The minimum Gasteiger partial charge on any atom is -0.312 e. The van der Waals surface area contributed by atoms with Gasteiger partial charge in [-0.15, -0.1) is 11.3 Å². The van der Waals surface area contributed by atoms with E-state index in [0.717, 1.165) is 16.2 Å². The molecule has 20 heavy (non-hydrogen) atoms. The molecular weight excluding hydrogens is 297 g/mol. The molecule has 0 saturated heterocycles. The van der Waals surface area contributed by atoms with Gasteiger partial charge < -0.3 is 5.32 Å². The van der Waals surface area contributed by atoms with Gasteiger partial charge in [0.2, 0.25) is 5.82 Å². The topological polar surface area (TPSA) is 12.0 Å². The van der Waals surface area contributed by atoms with E-state index in [2.05, 4.69) is 5.32 Å². The minimum absolute atomic E-state index is 0.00528. The van der Waals surface area contributed by atoms with E-state index in [4.69, 9.17) is 0 Å². The van der Waals surface area contributed by atoms with Crippen molar-refractivity contribution in [2.24, 2.45) is 0 Å². The second-order valence-corrected chi connectivity index (χ2v) is 5.16. The molecule has 0 aliphatic rings. The first-order chi connectivity index (χ1) is 9.47. The Labute approximate surface area is 116 Å². The lowest BCUT2D eigenvalue weighted by atomic mass is 10.1. The van der Waals surface area contributed by atoms with Crippen molar-refractivity contribution in [1.82, 2.24) is 5.32 Å². The molecule has 0 bridgehead atoms. The number of thiophene rings is 1. The number of benzene rings is 1. The molecule has 1 aromatic carbocycles. The molecule has 0 aliphatic heterocycles. The quantitative estimate of drug-likeness (QED) is 0.506. The molecule has 1 nitrogen and oxygen atoms in total. The van der Waals surface area contributed by atoms with Crippen molar-refractivity contribution in [2.45, 2.75) is 13.5 Å². The average Bonchev–Trinajstić information content (AvgIpc) is 2.89. The van der Waals surface area contributed by atoms with Crippen LogP contribution >= 0.6 is 11.3 Å². The van der Waals surface area contributed by atoms with Crippen LogP contribution in [0.5, 0.6) is 0 Å². The summed E-state index contributed by atoms with van der Waals surface area (Å²) in [4.78, 5) is 0.747. The van der Waals surface area contributed by atoms with E-state index in [0.29, 0.717) is 13.1 Å². The van der Waals surface area contributed by atoms with E-state index in [-0.39, 0.29) is 4.88 Å². The summed E-state index contributed by atoms with van der Waals surface area (Å²) < 4.78 is 66.4. The van der Waals surface area contributed by atoms with Crippen LogP contribution in [0.15, 0.2) is 12.1 Å². The molecule has 0 amide bonds. The van der Waals surface area contributed by atoms with E-state index >= 15 is 0 Å². The van der Waals surface area contributed by atoms with Crippen molar-refractivity contribution in [1.29, 1.82) is 0 Å². The van der Waals surface area contributed by atoms with Crippen molar-refractivity contribution in [3.05, 3.63) is 46.1 Å². The zero-order chi connectivity index (χ0) is 14.9. The maximum atomic E-state index is 13.6. The number of hydrogen-bond donors (Lipinski definition) is 1. The fourth-order valence-electron chi connectivity index (χ4n) is 1.68. The highest BCUT2D eigenvalue weighted by molar-refractivity contribution is 7.15. The molecular formula is C13H10F5NS. The molecule has 1 heterocycles. The molecule has 0 unspecified atom stereocenters. The number of halogens is 5. The Balaban J connectivity index is 2.50. The van der Waals surface area contributed by atoms with Crippen LogP contribution in [-0.2, 0) is 6.54 Å². The van der Waals surface area contributed by atoms with Crippen LogP contribution < -0.4 is 5.32 Å². The van der Waals surface area contributed by atoms with Gasteiger partial charge in [0, 0.05) is 16.3 Å². The fraction of sp³-hybridized carbons (Fsp3) is 0.231. The molecule has 1 aromatic heterocycles. The van der Waals surface area contributed by atoms with E-state index in [9.17, 15) is 22.0 Å². The predicted octanol–water partition coefficient (Wildman–Crippen LogP) is 4.22. The largest absolute Gasteiger partial charge is 0.312 e. The van der Waals surface area contributed by atoms with Gasteiger partial charge in [-0.2, -0.15) is 0 Å². The molecule has 0 saturated carbocycles. The maximum absolute atomic E-state index is 13.6. The Morgan fingerprint density at radius 1 is 0.900 bits per heavy atom. The first kappa shape index (κ1) is 14.9. The third kappa shape index (κ3) is 2.55. The summed E-state index contributed by atoms with van der Waals surface area (Å²) in [7, 11) is 0. The SMILES string of the molecule is CCNCc1ccc(-c2c(F)c(F)c(F)c(F)c2F)s1. The van der Waals surface area contributed by atoms with E-state index < -0.39 is 34.6 Å². The van der Waals surface area contributed by atoms with Crippen LogP contribution in [0, 0.1) is 29.1 Å². The second-order valence-electron chi connectivity index (χ2n) is 3.99. The molecule has 0 aliphatic carbocycles. The molecule has 1 N–H and O–H groups in total. The van der Waals surface area contributed by atoms with E-state index in [1.807, 2.05) is 6.92 Å². The summed E-state index contributed by atoms with van der Waals surface area (Å²) in [6, 6.07) is 2.93. The lowest BCUT2D eigenvalue weighted by Crippen LogP contribution is -2.10. The summed E-state index contributed by atoms with van der Waals surface area (Å²) in [5, 5.41) is 3.01. The van der Waals surface area contributed by atoms with E-state index in [1.165, 1.54) is 6.07 Å². The summed E-state index contributed by atoms with van der Waals surface area (Å²) in [5.41, 5.74) is -0.880. The molecule has 0 radical (unpaired) electrons. The van der Waals surface area contributed by atoms with Gasteiger partial charge >= 0.3 is 0 Å². The predicted molar refractivity (Wildman–Crippen MR) is 66.9 cm³/mol. The van der Waals surface area contributed by atoms with Gasteiger partial charge in [0.15, 0.2) is 23.3 Å². The molecule has 2 rings (SSSR count). The Kier molecular flexibility index (Phi) is 4.39. The van der Waals surface area contributed by atoms with Crippen molar-refractivity contribution in [2.75, 3.05) is 6.54 Å². The van der Waals surface area contributed by atoms with Gasteiger partial charge in [-0.25, -0.2) is 22.0 Å². The van der Waals surface area contributed by atoms with Crippen LogP contribution in [0.2, 0.25) is 0 Å². The Hall–Kier alpha value is -1.47. The lowest BCUT2D eigenvalue weighted by Gasteiger charge is -2.06. The van der Waals surface area contributed by atoms with Gasteiger partial charge in [0.25, 0.3) is 0 Å². The average molecular weight is 307 g/mol. The van der Waals surface area contributed by atoms with Crippen LogP contribution in [-0.4, -0.2) is 6.54 Å². The first-order valence-corrected chi connectivity index (χ1v) is 6.60. The van der Waals surface area contributed by atoms with Crippen molar-refractivity contribution in [3.63, 3.8) is 0 Å². The van der Waals surface area contributed by atoms with Crippen LogP contribution in [0.1, 0.15) is 11.8 Å². The van der Waals surface area contributed by atoms with Gasteiger partial charge in [0.1, 0.15) is 0 Å². The van der Waals surface area contributed by atoms with E-state index in [1.54, 1.807) is 6.07 Å². The number of hydrogen-bond acceptors (Lipinski definition) is 2. The number of nitrogens with one attached hydrogen (secondary N) is 1. The van der Waals surface area contributed by atoms with Crippen molar-refractivity contribution >= 4 is 11.3 Å². The zero-order valence-corrected chi connectivity index (χ0v) is 11.2. The molecule has 7 heteroatoms. The van der Waals surface area contributed by atoms with Crippen LogP contribution in [0.4, 0.5) is 22.0 Å². The standard InChI is InChI=1S/C13H10F5NS/c1-2-19-5-6-3-4-7(20-6)8-9(14)11(16)13(18)12(17)10(8)15/h3-4,19H,2,5H2,1H3. The smallest absolute Gasteiger partial charge is 0.200 e. The van der Waals surface area contributed by atoms with Crippen LogP contribution in [0.3, 0.4) is 0 Å². The summed E-state index contributed by atoms with van der Waals surface area (Å²) in [6.07, 6.45) is 0. The zero-order valence-electron chi connectivity index (χ0n) is 10.4. The molecule has 0 atom stereocenters. The van der Waals surface area contributed by atoms with Gasteiger partial charge in [-0.05, 0) is 18.7 Å². The van der Waals surface area contributed by atoms with Gasteiger partial charge in [-0.3, -0.25) is 0 Å². The Morgan fingerprint density at radius 2 is 1.45 bits per heavy atom. The third-order valence-corrected chi connectivity index (χ3v) is 3.77. The highest BCUT2D eigenvalue weighted by Crippen LogP contribution is 2.35.